The molecule has 0 fully saturated rings. The molecule has 1 aliphatic heterocycles. The largest absolute Gasteiger partial charge is 0.422 e. The number of hydrogen-bond donors (Lipinski definition) is 0. The number of anilines is 1. The molecule has 218 valence electrons. The molecule has 3 aromatic carbocycles. The van der Waals surface area contributed by atoms with Crippen LogP contribution in [-0.2, 0) is 17.5 Å². The van der Waals surface area contributed by atoms with Gasteiger partial charge in [0.2, 0.25) is 0 Å². The van der Waals surface area contributed by atoms with Crippen LogP contribution in [0.3, 0.4) is 0 Å². The molecule has 0 radical (unpaired) electrons. The topological polar surface area (TPSA) is 37.6 Å². The molecule has 0 aliphatic carbocycles. The minimum atomic E-state index is -5.73. The van der Waals surface area contributed by atoms with Gasteiger partial charge >= 0.3 is 6.18 Å². The van der Waals surface area contributed by atoms with Crippen molar-refractivity contribution in [3.63, 3.8) is 0 Å². The first kappa shape index (κ1) is 29.7. The smallest absolute Gasteiger partial charge is 0.340 e. The van der Waals surface area contributed by atoms with Crippen molar-refractivity contribution in [2.45, 2.75) is 33.5 Å². The van der Waals surface area contributed by atoms with Crippen molar-refractivity contribution >= 4 is 57.5 Å². The molecular formula is C29H18Cl2F7N3O. The van der Waals surface area contributed by atoms with Crippen LogP contribution in [0.4, 0.5) is 36.4 Å². The normalized spacial score (nSPS) is 15.0. The van der Waals surface area contributed by atoms with E-state index in [0.717, 1.165) is 16.6 Å². The first-order valence-electron chi connectivity index (χ1n) is 12.2. The Bertz CT molecular complexity index is 1850. The number of rotatable bonds is 4. The van der Waals surface area contributed by atoms with Gasteiger partial charge in [0.1, 0.15) is 11.3 Å². The summed E-state index contributed by atoms with van der Waals surface area (Å²) >= 11 is 12.2. The van der Waals surface area contributed by atoms with E-state index in [9.17, 15) is 35.5 Å². The quantitative estimate of drug-likeness (QED) is 0.126. The van der Waals surface area contributed by atoms with Gasteiger partial charge in [0.15, 0.2) is 23.3 Å². The van der Waals surface area contributed by atoms with E-state index in [1.165, 1.54) is 13.0 Å². The molecule has 42 heavy (non-hydrogen) atoms. The first-order valence-corrected chi connectivity index (χ1v) is 13.0. The van der Waals surface area contributed by atoms with Gasteiger partial charge in [0.25, 0.3) is 5.91 Å². The third-order valence-electron chi connectivity index (χ3n) is 6.94. The van der Waals surface area contributed by atoms with Crippen LogP contribution in [0.25, 0.3) is 17.0 Å². The molecule has 0 saturated carbocycles. The molecule has 1 amide bonds. The molecule has 0 atom stereocenters. The van der Waals surface area contributed by atoms with E-state index in [4.69, 9.17) is 23.2 Å². The Hall–Kier alpha value is -3.83. The summed E-state index contributed by atoms with van der Waals surface area (Å²) in [6, 6.07) is 10.8. The number of nitrogens with zero attached hydrogens (tertiary/aromatic N) is 3. The standard InChI is InChI=1S/C29H18Cl2F7N3O/c1-12-4-7-21-18(8-12)17(14(3)40(21)11-15-5-6-19(30)20(31)9-15)10-16-13(2)39-41(28(16)42)27-25(34)23(32)22(29(36,37)38)24(33)26(27)35/h4-10H,11H2,1-3H3/b16-10+. The predicted molar refractivity (Wildman–Crippen MR) is 147 cm³/mol. The summed E-state index contributed by atoms with van der Waals surface area (Å²) in [5.74, 6) is -11.4. The maximum Gasteiger partial charge on any atom is 0.422 e. The van der Waals surface area contributed by atoms with Crippen LogP contribution >= 0.6 is 23.2 Å². The highest BCUT2D eigenvalue weighted by molar-refractivity contribution is 6.42. The van der Waals surface area contributed by atoms with Crippen LogP contribution in [0, 0.1) is 37.1 Å². The van der Waals surface area contributed by atoms with E-state index in [0.29, 0.717) is 33.2 Å². The molecule has 0 bridgehead atoms. The maximum atomic E-state index is 14.7. The zero-order chi connectivity index (χ0) is 30.8. The van der Waals surface area contributed by atoms with Crippen LogP contribution in [0.15, 0.2) is 47.1 Å². The third kappa shape index (κ3) is 4.84. The van der Waals surface area contributed by atoms with Gasteiger partial charge in [-0.3, -0.25) is 4.79 Å². The fourth-order valence-electron chi connectivity index (χ4n) is 4.86. The second-order valence-corrected chi connectivity index (χ2v) is 10.5. The lowest BCUT2D eigenvalue weighted by Crippen LogP contribution is -2.26. The van der Waals surface area contributed by atoms with Crippen molar-refractivity contribution in [3.05, 3.63) is 103 Å². The highest BCUT2D eigenvalue weighted by Crippen LogP contribution is 2.41. The molecule has 1 aliphatic rings. The number of hydrazone groups is 1. The summed E-state index contributed by atoms with van der Waals surface area (Å²) in [5.41, 5.74) is -1.01. The van der Waals surface area contributed by atoms with Crippen molar-refractivity contribution in [1.29, 1.82) is 0 Å². The Kier molecular flexibility index (Phi) is 7.39. The Morgan fingerprint density at radius 3 is 2.12 bits per heavy atom. The second-order valence-electron chi connectivity index (χ2n) is 9.69. The number of benzene rings is 3. The molecule has 2 heterocycles. The van der Waals surface area contributed by atoms with Gasteiger partial charge in [-0.25, -0.2) is 17.6 Å². The van der Waals surface area contributed by atoms with E-state index in [-0.39, 0.29) is 16.3 Å². The lowest BCUT2D eigenvalue weighted by molar-refractivity contribution is -0.143. The first-order chi connectivity index (χ1) is 19.6. The minimum Gasteiger partial charge on any atom is -0.340 e. The van der Waals surface area contributed by atoms with Crippen LogP contribution in [0.2, 0.25) is 10.0 Å². The lowest BCUT2D eigenvalue weighted by Gasteiger charge is -2.18. The number of aryl methyl sites for hydroxylation is 1. The molecule has 1 aromatic heterocycles. The van der Waals surface area contributed by atoms with Gasteiger partial charge < -0.3 is 4.57 Å². The van der Waals surface area contributed by atoms with Crippen LogP contribution in [0.5, 0.6) is 0 Å². The SMILES string of the molecule is CC1=NN(c2c(F)c(F)c(C(F)(F)F)c(F)c2F)C(=O)/C1=C/c1c(C)n(Cc2ccc(Cl)c(Cl)c2)c2ccc(C)cc12. The van der Waals surface area contributed by atoms with E-state index in [1.54, 1.807) is 25.1 Å². The number of hydrogen-bond acceptors (Lipinski definition) is 2. The van der Waals surface area contributed by atoms with Crippen LogP contribution in [0.1, 0.15) is 34.9 Å². The second kappa shape index (κ2) is 10.5. The zero-order valence-corrected chi connectivity index (χ0v) is 23.4. The zero-order valence-electron chi connectivity index (χ0n) is 21.9. The third-order valence-corrected chi connectivity index (χ3v) is 7.68. The van der Waals surface area contributed by atoms with Gasteiger partial charge in [0, 0.05) is 28.7 Å². The summed E-state index contributed by atoms with van der Waals surface area (Å²) in [7, 11) is 0. The molecule has 0 N–H and O–H groups in total. The van der Waals surface area contributed by atoms with Crippen molar-refractivity contribution in [3.8, 4) is 0 Å². The molecule has 0 unspecified atom stereocenters. The van der Waals surface area contributed by atoms with Crippen LogP contribution < -0.4 is 5.01 Å². The lowest BCUT2D eigenvalue weighted by atomic mass is 10.0. The fourth-order valence-corrected chi connectivity index (χ4v) is 5.18. The fraction of sp³-hybridized carbons (Fsp3) is 0.172. The van der Waals surface area contributed by atoms with E-state index in [2.05, 4.69) is 5.10 Å². The Morgan fingerprint density at radius 1 is 0.881 bits per heavy atom. The van der Waals surface area contributed by atoms with Gasteiger partial charge in [-0.1, -0.05) is 40.9 Å². The molecule has 0 spiro atoms. The number of halogens is 9. The monoisotopic (exact) mass is 627 g/mol. The minimum absolute atomic E-state index is 0.0215. The van der Waals surface area contributed by atoms with Gasteiger partial charge in [0.05, 0.1) is 21.3 Å². The van der Waals surface area contributed by atoms with Crippen molar-refractivity contribution in [2.24, 2.45) is 5.10 Å². The van der Waals surface area contributed by atoms with Crippen molar-refractivity contribution in [1.82, 2.24) is 4.57 Å². The molecule has 5 rings (SSSR count). The summed E-state index contributed by atoms with van der Waals surface area (Å²) in [6.07, 6.45) is -4.31. The summed E-state index contributed by atoms with van der Waals surface area (Å²) in [4.78, 5) is 13.3. The maximum absolute atomic E-state index is 14.7. The number of alkyl halides is 3. The highest BCUT2D eigenvalue weighted by Gasteiger charge is 2.45. The molecule has 13 heteroatoms. The summed E-state index contributed by atoms with van der Waals surface area (Å²) < 4.78 is 99.1. The average Bonchev–Trinajstić information content (AvgIpc) is 3.32. The Balaban J connectivity index is 1.63. The molecular weight excluding hydrogens is 610 g/mol. The molecule has 0 saturated heterocycles. The number of fused-ring (bicyclic) bond motifs is 1. The van der Waals surface area contributed by atoms with Crippen molar-refractivity contribution < 1.29 is 35.5 Å². The predicted octanol–water partition coefficient (Wildman–Crippen LogP) is 8.99. The highest BCUT2D eigenvalue weighted by atomic mass is 35.5. The van der Waals surface area contributed by atoms with E-state index >= 15 is 0 Å². The average molecular weight is 628 g/mol. The van der Waals surface area contributed by atoms with E-state index < -0.39 is 46.6 Å². The number of amides is 1. The van der Waals surface area contributed by atoms with Crippen molar-refractivity contribution in [2.75, 3.05) is 5.01 Å². The Labute approximate surface area is 244 Å². The number of carbonyl (C=O) groups is 1. The van der Waals surface area contributed by atoms with Gasteiger partial charge in [-0.15, -0.1) is 0 Å². The summed E-state index contributed by atoms with van der Waals surface area (Å²) in [6.45, 7) is 5.31. The number of aromatic nitrogens is 1. The molecule has 4 aromatic rings. The van der Waals surface area contributed by atoms with E-state index in [1.807, 2.05) is 29.7 Å². The Morgan fingerprint density at radius 2 is 1.52 bits per heavy atom. The molecule has 4 nitrogen and oxygen atoms in total. The van der Waals surface area contributed by atoms with Gasteiger partial charge in [-0.05, 0) is 56.7 Å². The summed E-state index contributed by atoms with van der Waals surface area (Å²) in [5, 5.41) is 5.22. The van der Waals surface area contributed by atoms with Crippen LogP contribution in [-0.4, -0.2) is 16.2 Å². The van der Waals surface area contributed by atoms with Gasteiger partial charge in [-0.2, -0.15) is 23.3 Å². The number of carbonyl (C=O) groups excluding carboxylic acids is 1.